The lowest BCUT2D eigenvalue weighted by atomic mass is 10.1. The van der Waals surface area contributed by atoms with E-state index in [4.69, 9.17) is 4.74 Å². The van der Waals surface area contributed by atoms with Gasteiger partial charge in [-0.1, -0.05) is 12.1 Å². The fourth-order valence-electron chi connectivity index (χ4n) is 2.17. The minimum atomic E-state index is -0.266. The number of benzene rings is 2. The molecule has 136 valence electrons. The Morgan fingerprint density at radius 1 is 1.04 bits per heavy atom. The number of carbonyl (C=O) groups excluding carboxylic acids is 2. The number of carbonyl (C=O) groups is 2. The summed E-state index contributed by atoms with van der Waals surface area (Å²) in [7, 11) is 1.60. The molecule has 0 aliphatic carbocycles. The molecule has 0 bridgehead atoms. The first-order chi connectivity index (χ1) is 12.5. The van der Waals surface area contributed by atoms with Gasteiger partial charge in [0.15, 0.2) is 0 Å². The number of hydrogen-bond donors (Lipinski definition) is 3. The second kappa shape index (κ2) is 9.22. The minimum absolute atomic E-state index is 0.0923. The van der Waals surface area contributed by atoms with Crippen LogP contribution in [-0.4, -0.2) is 31.2 Å². The third kappa shape index (κ3) is 5.94. The van der Waals surface area contributed by atoms with Crippen LogP contribution in [0.4, 0.5) is 11.4 Å². The van der Waals surface area contributed by atoms with Crippen LogP contribution in [0.2, 0.25) is 0 Å². The van der Waals surface area contributed by atoms with Gasteiger partial charge >= 0.3 is 0 Å². The maximum atomic E-state index is 11.9. The van der Waals surface area contributed by atoms with E-state index in [-0.39, 0.29) is 18.4 Å². The predicted octanol–water partition coefficient (Wildman–Crippen LogP) is 2.61. The molecule has 7 heteroatoms. The molecule has 0 aliphatic heterocycles. The van der Waals surface area contributed by atoms with Gasteiger partial charge in [-0.3, -0.25) is 9.59 Å². The smallest absolute Gasteiger partial charge is 0.259 e. The van der Waals surface area contributed by atoms with Crippen molar-refractivity contribution in [2.24, 2.45) is 5.10 Å². The maximum Gasteiger partial charge on any atom is 0.259 e. The van der Waals surface area contributed by atoms with Crippen LogP contribution in [0.1, 0.15) is 19.4 Å². The predicted molar refractivity (Wildman–Crippen MR) is 103 cm³/mol. The van der Waals surface area contributed by atoms with Gasteiger partial charge < -0.3 is 15.4 Å². The van der Waals surface area contributed by atoms with E-state index in [0.717, 1.165) is 17.0 Å². The molecule has 0 unspecified atom stereocenters. The SMILES string of the molecule is COc1ccc(NCC(=O)N/N=C(/C)c2cccc(NC(C)=O)c2)cc1. The first kappa shape index (κ1) is 19.0. The summed E-state index contributed by atoms with van der Waals surface area (Å²) in [6.07, 6.45) is 0. The van der Waals surface area contributed by atoms with Crippen LogP contribution >= 0.6 is 0 Å². The summed E-state index contributed by atoms with van der Waals surface area (Å²) in [5.74, 6) is 0.342. The zero-order valence-corrected chi connectivity index (χ0v) is 15.0. The molecular formula is C19H22N4O3. The van der Waals surface area contributed by atoms with Crippen molar-refractivity contribution in [3.63, 3.8) is 0 Å². The van der Waals surface area contributed by atoms with Gasteiger partial charge in [-0.2, -0.15) is 5.10 Å². The molecule has 2 aromatic carbocycles. The minimum Gasteiger partial charge on any atom is -0.497 e. The van der Waals surface area contributed by atoms with Crippen molar-refractivity contribution in [3.8, 4) is 5.75 Å². The number of nitrogens with one attached hydrogen (secondary N) is 3. The highest BCUT2D eigenvalue weighted by molar-refractivity contribution is 6.01. The van der Waals surface area contributed by atoms with Crippen LogP contribution in [0.25, 0.3) is 0 Å². The summed E-state index contributed by atoms with van der Waals surface area (Å²) in [6.45, 7) is 3.32. The van der Waals surface area contributed by atoms with Crippen molar-refractivity contribution in [3.05, 3.63) is 54.1 Å². The second-order valence-electron chi connectivity index (χ2n) is 5.58. The summed E-state index contributed by atoms with van der Waals surface area (Å²) in [4.78, 5) is 23.0. The first-order valence-corrected chi connectivity index (χ1v) is 8.07. The number of rotatable bonds is 7. The van der Waals surface area contributed by atoms with Crippen molar-refractivity contribution >= 4 is 28.9 Å². The molecule has 0 aromatic heterocycles. The van der Waals surface area contributed by atoms with Crippen LogP contribution in [-0.2, 0) is 9.59 Å². The van der Waals surface area contributed by atoms with E-state index < -0.39 is 0 Å². The Balaban J connectivity index is 1.89. The van der Waals surface area contributed by atoms with Gasteiger partial charge in [-0.05, 0) is 48.9 Å². The Labute approximate surface area is 152 Å². The normalized spacial score (nSPS) is 10.8. The molecular weight excluding hydrogens is 332 g/mol. The van der Waals surface area contributed by atoms with Gasteiger partial charge in [0.1, 0.15) is 5.75 Å². The van der Waals surface area contributed by atoms with Crippen molar-refractivity contribution in [2.75, 3.05) is 24.3 Å². The average Bonchev–Trinajstić information content (AvgIpc) is 2.64. The Morgan fingerprint density at radius 3 is 2.42 bits per heavy atom. The molecule has 0 saturated carbocycles. The molecule has 0 spiro atoms. The lowest BCUT2D eigenvalue weighted by molar-refractivity contribution is -0.119. The lowest BCUT2D eigenvalue weighted by Crippen LogP contribution is -2.26. The molecule has 2 amide bonds. The number of hydrogen-bond acceptors (Lipinski definition) is 5. The van der Waals surface area contributed by atoms with E-state index >= 15 is 0 Å². The van der Waals surface area contributed by atoms with E-state index in [2.05, 4.69) is 21.2 Å². The number of ether oxygens (including phenoxy) is 1. The summed E-state index contributed by atoms with van der Waals surface area (Å²) in [5, 5.41) is 9.82. The lowest BCUT2D eigenvalue weighted by Gasteiger charge is -2.08. The zero-order chi connectivity index (χ0) is 18.9. The monoisotopic (exact) mass is 354 g/mol. The number of anilines is 2. The highest BCUT2D eigenvalue weighted by Gasteiger charge is 2.03. The molecule has 7 nitrogen and oxygen atoms in total. The second-order valence-corrected chi connectivity index (χ2v) is 5.58. The van der Waals surface area contributed by atoms with Crippen LogP contribution < -0.4 is 20.8 Å². The highest BCUT2D eigenvalue weighted by atomic mass is 16.5. The number of amides is 2. The summed E-state index contributed by atoms with van der Waals surface area (Å²) in [6, 6.07) is 14.5. The van der Waals surface area contributed by atoms with E-state index in [1.807, 2.05) is 36.4 Å². The van der Waals surface area contributed by atoms with Gasteiger partial charge in [0.25, 0.3) is 5.91 Å². The van der Waals surface area contributed by atoms with Gasteiger partial charge in [-0.15, -0.1) is 0 Å². The van der Waals surface area contributed by atoms with E-state index in [9.17, 15) is 9.59 Å². The largest absolute Gasteiger partial charge is 0.497 e. The standard InChI is InChI=1S/C19H22N4O3/c1-13(15-5-4-6-17(11-15)21-14(2)24)22-23-19(25)12-20-16-7-9-18(26-3)10-8-16/h4-11,20H,12H2,1-3H3,(H,21,24)(H,23,25)/b22-13-. The Kier molecular flexibility index (Phi) is 6.73. The topological polar surface area (TPSA) is 91.8 Å². The fraction of sp³-hybridized carbons (Fsp3) is 0.211. The quantitative estimate of drug-likeness (QED) is 0.526. The van der Waals surface area contributed by atoms with E-state index in [1.54, 1.807) is 26.2 Å². The third-order valence-corrected chi connectivity index (χ3v) is 3.49. The van der Waals surface area contributed by atoms with Gasteiger partial charge in [0.05, 0.1) is 19.4 Å². The van der Waals surface area contributed by atoms with Crippen molar-refractivity contribution in [1.82, 2.24) is 5.43 Å². The van der Waals surface area contributed by atoms with Crippen LogP contribution in [0, 0.1) is 0 Å². The molecule has 0 heterocycles. The van der Waals surface area contributed by atoms with Crippen LogP contribution in [0.5, 0.6) is 5.75 Å². The van der Waals surface area contributed by atoms with E-state index in [0.29, 0.717) is 11.4 Å². The Hall–Kier alpha value is -3.35. The average molecular weight is 354 g/mol. The third-order valence-electron chi connectivity index (χ3n) is 3.49. The van der Waals surface area contributed by atoms with Crippen molar-refractivity contribution in [2.45, 2.75) is 13.8 Å². The van der Waals surface area contributed by atoms with Gasteiger partial charge in [0.2, 0.25) is 5.91 Å². The van der Waals surface area contributed by atoms with E-state index in [1.165, 1.54) is 6.92 Å². The fourth-order valence-corrected chi connectivity index (χ4v) is 2.17. The summed E-state index contributed by atoms with van der Waals surface area (Å²) < 4.78 is 5.08. The molecule has 2 rings (SSSR count). The number of methoxy groups -OCH3 is 1. The van der Waals surface area contributed by atoms with Crippen LogP contribution in [0.15, 0.2) is 53.6 Å². The first-order valence-electron chi connectivity index (χ1n) is 8.07. The van der Waals surface area contributed by atoms with Crippen LogP contribution in [0.3, 0.4) is 0 Å². The van der Waals surface area contributed by atoms with Crippen molar-refractivity contribution < 1.29 is 14.3 Å². The Morgan fingerprint density at radius 2 is 1.77 bits per heavy atom. The molecule has 2 aromatic rings. The number of nitrogens with zero attached hydrogens (tertiary/aromatic N) is 1. The summed E-state index contributed by atoms with van der Waals surface area (Å²) >= 11 is 0. The molecule has 0 atom stereocenters. The molecule has 26 heavy (non-hydrogen) atoms. The highest BCUT2D eigenvalue weighted by Crippen LogP contribution is 2.14. The van der Waals surface area contributed by atoms with Crippen molar-refractivity contribution in [1.29, 1.82) is 0 Å². The zero-order valence-electron chi connectivity index (χ0n) is 15.0. The maximum absolute atomic E-state index is 11.9. The summed E-state index contributed by atoms with van der Waals surface area (Å²) in [5.41, 5.74) is 5.44. The molecule has 0 fully saturated rings. The molecule has 3 N–H and O–H groups in total. The molecule has 0 aliphatic rings. The van der Waals surface area contributed by atoms with Gasteiger partial charge in [0, 0.05) is 18.3 Å². The Bertz CT molecular complexity index is 801. The molecule has 0 radical (unpaired) electrons. The molecule has 0 saturated heterocycles. The van der Waals surface area contributed by atoms with Gasteiger partial charge in [-0.25, -0.2) is 5.43 Å². The number of hydrazone groups is 1.